The van der Waals surface area contributed by atoms with Crippen molar-refractivity contribution in [3.63, 3.8) is 0 Å². The van der Waals surface area contributed by atoms with Gasteiger partial charge >= 0.3 is 0 Å². The number of amides is 2. The van der Waals surface area contributed by atoms with Crippen molar-refractivity contribution >= 4 is 27.7 Å². The molecule has 1 aromatic carbocycles. The molecule has 2 fully saturated rings. The maximum Gasteiger partial charge on any atom is 0.234 e. The van der Waals surface area contributed by atoms with Gasteiger partial charge in [-0.3, -0.25) is 14.9 Å². The van der Waals surface area contributed by atoms with Crippen LogP contribution in [0.3, 0.4) is 0 Å². The average Bonchev–Trinajstić information content (AvgIpc) is 3.24. The van der Waals surface area contributed by atoms with E-state index in [1.165, 1.54) is 0 Å². The first-order valence-corrected chi connectivity index (χ1v) is 7.95. The summed E-state index contributed by atoms with van der Waals surface area (Å²) >= 11 is 3.43. The fourth-order valence-electron chi connectivity index (χ4n) is 3.71. The van der Waals surface area contributed by atoms with E-state index >= 15 is 0 Å². The van der Waals surface area contributed by atoms with Crippen LogP contribution in [0.4, 0.5) is 0 Å². The van der Waals surface area contributed by atoms with E-state index in [-0.39, 0.29) is 23.1 Å². The Kier molecular flexibility index (Phi) is 3.44. The highest BCUT2D eigenvalue weighted by molar-refractivity contribution is 9.10. The number of nitrogens with one attached hydrogen (secondary N) is 1. The molecule has 4 heteroatoms. The van der Waals surface area contributed by atoms with Gasteiger partial charge in [-0.05, 0) is 48.3 Å². The van der Waals surface area contributed by atoms with Crippen molar-refractivity contribution in [2.75, 3.05) is 0 Å². The maximum absolute atomic E-state index is 12.5. The zero-order chi connectivity index (χ0) is 14.3. The van der Waals surface area contributed by atoms with Gasteiger partial charge in [0.25, 0.3) is 0 Å². The lowest BCUT2D eigenvalue weighted by Crippen LogP contribution is -2.51. The maximum atomic E-state index is 12.5. The van der Waals surface area contributed by atoms with Gasteiger partial charge in [-0.15, -0.1) is 0 Å². The molecule has 20 heavy (non-hydrogen) atoms. The van der Waals surface area contributed by atoms with Crippen LogP contribution in [0.1, 0.15) is 44.1 Å². The highest BCUT2D eigenvalue weighted by Crippen LogP contribution is 2.58. The van der Waals surface area contributed by atoms with Crippen molar-refractivity contribution in [3.8, 4) is 0 Å². The zero-order valence-corrected chi connectivity index (χ0v) is 13.1. The number of hydrogen-bond donors (Lipinski definition) is 1. The summed E-state index contributed by atoms with van der Waals surface area (Å²) in [5.41, 5.74) is 0.833. The minimum absolute atomic E-state index is 0.114. The Morgan fingerprint density at radius 2 is 1.90 bits per heavy atom. The third-order valence-corrected chi connectivity index (χ3v) is 5.37. The number of hydrogen-bond acceptors (Lipinski definition) is 2. The second-order valence-corrected chi connectivity index (χ2v) is 6.85. The largest absolute Gasteiger partial charge is 0.296 e. The molecule has 1 saturated heterocycles. The van der Waals surface area contributed by atoms with Gasteiger partial charge in [0.05, 0.1) is 5.92 Å². The van der Waals surface area contributed by atoms with E-state index in [0.717, 1.165) is 29.3 Å². The van der Waals surface area contributed by atoms with Crippen molar-refractivity contribution in [2.24, 2.45) is 11.3 Å². The summed E-state index contributed by atoms with van der Waals surface area (Å²) in [6, 6.07) is 7.92. The van der Waals surface area contributed by atoms with Gasteiger partial charge in [0, 0.05) is 10.9 Å². The van der Waals surface area contributed by atoms with Gasteiger partial charge in [0.1, 0.15) is 0 Å². The van der Waals surface area contributed by atoms with Gasteiger partial charge in [0.15, 0.2) is 0 Å². The summed E-state index contributed by atoms with van der Waals surface area (Å²) in [6.45, 7) is 2.11. The molecule has 1 aliphatic heterocycles. The molecule has 1 aliphatic carbocycles. The Hall–Kier alpha value is -1.16. The van der Waals surface area contributed by atoms with Crippen LogP contribution >= 0.6 is 15.9 Å². The summed E-state index contributed by atoms with van der Waals surface area (Å²) in [7, 11) is 0. The third-order valence-electron chi connectivity index (χ3n) is 4.84. The van der Waals surface area contributed by atoms with Crippen molar-refractivity contribution < 1.29 is 9.59 Å². The highest BCUT2D eigenvalue weighted by Gasteiger charge is 2.55. The van der Waals surface area contributed by atoms with Gasteiger partial charge in [-0.1, -0.05) is 35.0 Å². The summed E-state index contributed by atoms with van der Waals surface area (Å²) < 4.78 is 1.00. The predicted octanol–water partition coefficient (Wildman–Crippen LogP) is 3.39. The number of piperidine rings is 1. The van der Waals surface area contributed by atoms with Crippen molar-refractivity contribution in [1.29, 1.82) is 0 Å². The lowest BCUT2D eigenvalue weighted by molar-refractivity contribution is -0.141. The van der Waals surface area contributed by atoms with Crippen LogP contribution in [0, 0.1) is 11.3 Å². The summed E-state index contributed by atoms with van der Waals surface area (Å²) in [5, 5.41) is 2.52. The molecular weight excluding hydrogens is 318 g/mol. The molecule has 2 amide bonds. The molecule has 106 valence electrons. The van der Waals surface area contributed by atoms with Crippen molar-refractivity contribution in [1.82, 2.24) is 5.32 Å². The topological polar surface area (TPSA) is 46.2 Å². The predicted molar refractivity (Wildman–Crippen MR) is 80.1 cm³/mol. The van der Waals surface area contributed by atoms with Crippen LogP contribution in [-0.4, -0.2) is 11.8 Å². The standard InChI is InChI=1S/C16H18BrNO2/c1-2-16(11-5-6-11)9-13(19)18-15(20)14(16)10-3-7-12(17)8-4-10/h3-4,7-8,11,14H,2,5-6,9H2,1H3,(H,18,19,20). The molecule has 2 aliphatic rings. The summed E-state index contributed by atoms with van der Waals surface area (Å²) in [4.78, 5) is 24.3. The Labute approximate surface area is 127 Å². The number of halogens is 1. The fourth-order valence-corrected chi connectivity index (χ4v) is 3.97. The van der Waals surface area contributed by atoms with Crippen LogP contribution in [0.15, 0.2) is 28.7 Å². The second kappa shape index (κ2) is 4.99. The molecule has 0 spiro atoms. The minimum atomic E-state index is -0.203. The first-order chi connectivity index (χ1) is 9.56. The van der Waals surface area contributed by atoms with Gasteiger partial charge in [-0.25, -0.2) is 0 Å². The van der Waals surface area contributed by atoms with Crippen molar-refractivity contribution in [2.45, 2.75) is 38.5 Å². The van der Waals surface area contributed by atoms with Crippen LogP contribution in [0.5, 0.6) is 0 Å². The Bertz CT molecular complexity index is 550. The molecule has 0 aromatic heterocycles. The number of carbonyl (C=O) groups excluding carboxylic acids is 2. The molecule has 2 unspecified atom stereocenters. The lowest BCUT2D eigenvalue weighted by Gasteiger charge is -2.43. The molecule has 1 aromatic rings. The van der Waals surface area contributed by atoms with E-state index in [2.05, 4.69) is 28.2 Å². The zero-order valence-electron chi connectivity index (χ0n) is 11.5. The summed E-state index contributed by atoms with van der Waals surface area (Å²) in [6.07, 6.45) is 3.63. The fraction of sp³-hybridized carbons (Fsp3) is 0.500. The SMILES string of the molecule is CCC1(C2CC2)CC(=O)NC(=O)C1c1ccc(Br)cc1. The van der Waals surface area contributed by atoms with E-state index in [0.29, 0.717) is 12.3 Å². The van der Waals surface area contributed by atoms with Crippen molar-refractivity contribution in [3.05, 3.63) is 34.3 Å². The smallest absolute Gasteiger partial charge is 0.234 e. The Balaban J connectivity index is 2.05. The third kappa shape index (κ3) is 2.20. The molecule has 1 heterocycles. The van der Waals surface area contributed by atoms with Crippen LogP contribution in [0.2, 0.25) is 0 Å². The van der Waals surface area contributed by atoms with Gasteiger partial charge < -0.3 is 0 Å². The van der Waals surface area contributed by atoms with E-state index in [1.807, 2.05) is 24.3 Å². The molecule has 0 radical (unpaired) electrons. The van der Waals surface area contributed by atoms with E-state index in [4.69, 9.17) is 0 Å². The molecule has 0 bridgehead atoms. The monoisotopic (exact) mass is 335 g/mol. The summed E-state index contributed by atoms with van der Waals surface area (Å²) in [5.74, 6) is 0.0661. The number of rotatable bonds is 3. The molecule has 2 atom stereocenters. The van der Waals surface area contributed by atoms with E-state index < -0.39 is 0 Å². The van der Waals surface area contributed by atoms with Gasteiger partial charge in [-0.2, -0.15) is 0 Å². The molecule has 1 saturated carbocycles. The normalized spacial score (nSPS) is 30.2. The quantitative estimate of drug-likeness (QED) is 0.860. The number of imide groups is 1. The van der Waals surface area contributed by atoms with E-state index in [9.17, 15) is 9.59 Å². The van der Waals surface area contributed by atoms with Gasteiger partial charge in [0.2, 0.25) is 11.8 Å². The minimum Gasteiger partial charge on any atom is -0.296 e. The first kappa shape index (κ1) is 13.8. The molecular formula is C16H18BrNO2. The Morgan fingerprint density at radius 3 is 2.45 bits per heavy atom. The van der Waals surface area contributed by atoms with E-state index in [1.54, 1.807) is 0 Å². The number of benzene rings is 1. The molecule has 1 N–H and O–H groups in total. The number of carbonyl (C=O) groups is 2. The van der Waals surface area contributed by atoms with Crippen LogP contribution < -0.4 is 5.32 Å². The first-order valence-electron chi connectivity index (χ1n) is 7.16. The second-order valence-electron chi connectivity index (χ2n) is 5.93. The molecule has 3 rings (SSSR count). The Morgan fingerprint density at radius 1 is 1.25 bits per heavy atom. The van der Waals surface area contributed by atoms with Crippen LogP contribution in [-0.2, 0) is 9.59 Å². The lowest BCUT2D eigenvalue weighted by atomic mass is 9.62. The van der Waals surface area contributed by atoms with Crippen LogP contribution in [0.25, 0.3) is 0 Å². The highest BCUT2D eigenvalue weighted by atomic mass is 79.9. The molecule has 3 nitrogen and oxygen atoms in total. The average molecular weight is 336 g/mol.